The number of ether oxygens (including phenoxy) is 1. The van der Waals surface area contributed by atoms with Crippen molar-refractivity contribution in [2.24, 2.45) is 0 Å². The van der Waals surface area contributed by atoms with E-state index in [2.05, 4.69) is 12.1 Å². The molecule has 0 aliphatic heterocycles. The molecule has 0 saturated heterocycles. The van der Waals surface area contributed by atoms with Crippen molar-refractivity contribution in [1.82, 2.24) is 0 Å². The monoisotopic (exact) mass is 276 g/mol. The third-order valence-electron chi connectivity index (χ3n) is 2.68. The Bertz CT molecular complexity index is 554. The van der Waals surface area contributed by atoms with Gasteiger partial charge in [0.25, 0.3) is 0 Å². The van der Waals surface area contributed by atoms with Gasteiger partial charge in [-0.15, -0.1) is 0 Å². The minimum atomic E-state index is -0.747. The lowest BCUT2D eigenvalue weighted by molar-refractivity contribution is -0.136. The minimum Gasteiger partial charge on any atom is -0.493 e. The van der Waals surface area contributed by atoms with Gasteiger partial charge in [-0.2, -0.15) is 11.8 Å². The molecule has 0 aliphatic carbocycles. The summed E-state index contributed by atoms with van der Waals surface area (Å²) in [6, 6.07) is 14.2. The molecule has 0 atom stereocenters. The Morgan fingerprint density at radius 1 is 1.11 bits per heavy atom. The van der Waals surface area contributed by atoms with Crippen LogP contribution in [0.25, 0.3) is 10.8 Å². The Hall–Kier alpha value is -1.68. The van der Waals surface area contributed by atoms with Crippen molar-refractivity contribution in [3.05, 3.63) is 42.5 Å². The summed E-state index contributed by atoms with van der Waals surface area (Å²) >= 11 is 1.60. The Morgan fingerprint density at radius 3 is 2.68 bits per heavy atom. The van der Waals surface area contributed by atoms with E-state index in [0.717, 1.165) is 11.5 Å². The van der Waals surface area contributed by atoms with Gasteiger partial charge in [-0.05, 0) is 22.9 Å². The molecular weight excluding hydrogens is 260 g/mol. The number of carboxylic acid groups (broad SMARTS) is 1. The van der Waals surface area contributed by atoms with Gasteiger partial charge in [0.15, 0.2) is 0 Å². The molecule has 0 spiro atoms. The maximum Gasteiger partial charge on any atom is 0.304 e. The van der Waals surface area contributed by atoms with Crippen LogP contribution < -0.4 is 4.74 Å². The lowest BCUT2D eigenvalue weighted by atomic mass is 10.1. The van der Waals surface area contributed by atoms with E-state index in [1.54, 1.807) is 11.8 Å². The molecule has 2 aromatic carbocycles. The van der Waals surface area contributed by atoms with Crippen LogP contribution in [0, 0.1) is 0 Å². The van der Waals surface area contributed by atoms with Gasteiger partial charge in [-0.25, -0.2) is 0 Å². The molecule has 0 unspecified atom stereocenters. The standard InChI is InChI=1S/C15H16O3S/c16-15(17)7-9-19-10-8-18-14-6-5-12-3-1-2-4-13(12)11-14/h1-6,11H,7-10H2,(H,16,17). The fourth-order valence-electron chi connectivity index (χ4n) is 1.74. The van der Waals surface area contributed by atoms with Gasteiger partial charge >= 0.3 is 5.97 Å². The number of hydrogen-bond donors (Lipinski definition) is 1. The first kappa shape index (κ1) is 13.7. The summed E-state index contributed by atoms with van der Waals surface area (Å²) in [6.07, 6.45) is 0.209. The van der Waals surface area contributed by atoms with Gasteiger partial charge in [-0.3, -0.25) is 4.79 Å². The van der Waals surface area contributed by atoms with Gasteiger partial charge in [0.1, 0.15) is 5.75 Å². The molecule has 0 aliphatic rings. The fourth-order valence-corrected chi connectivity index (χ4v) is 2.46. The Balaban J connectivity index is 1.77. The zero-order valence-electron chi connectivity index (χ0n) is 10.5. The average Bonchev–Trinajstić information content (AvgIpc) is 2.42. The number of carbonyl (C=O) groups is 1. The van der Waals surface area contributed by atoms with Crippen molar-refractivity contribution in [1.29, 1.82) is 0 Å². The van der Waals surface area contributed by atoms with E-state index in [1.165, 1.54) is 10.8 Å². The fraction of sp³-hybridized carbons (Fsp3) is 0.267. The summed E-state index contributed by atoms with van der Waals surface area (Å²) in [7, 11) is 0. The quantitative estimate of drug-likeness (QED) is 0.787. The van der Waals surface area contributed by atoms with Crippen molar-refractivity contribution < 1.29 is 14.6 Å². The molecule has 2 rings (SSSR count). The minimum absolute atomic E-state index is 0.209. The van der Waals surface area contributed by atoms with Crippen LogP contribution in [0.1, 0.15) is 6.42 Å². The van der Waals surface area contributed by atoms with Crippen molar-refractivity contribution in [3.63, 3.8) is 0 Å². The lowest BCUT2D eigenvalue weighted by Crippen LogP contribution is -2.02. The smallest absolute Gasteiger partial charge is 0.304 e. The molecule has 19 heavy (non-hydrogen) atoms. The number of hydrogen-bond acceptors (Lipinski definition) is 3. The molecule has 0 saturated carbocycles. The van der Waals surface area contributed by atoms with Crippen molar-refractivity contribution in [2.75, 3.05) is 18.1 Å². The summed E-state index contributed by atoms with van der Waals surface area (Å²) in [5.41, 5.74) is 0. The number of carboxylic acids is 1. The van der Waals surface area contributed by atoms with Crippen molar-refractivity contribution in [3.8, 4) is 5.75 Å². The van der Waals surface area contributed by atoms with Gasteiger partial charge in [0, 0.05) is 11.5 Å². The predicted octanol–water partition coefficient (Wildman–Crippen LogP) is 3.43. The van der Waals surface area contributed by atoms with E-state index in [-0.39, 0.29) is 6.42 Å². The van der Waals surface area contributed by atoms with E-state index < -0.39 is 5.97 Å². The van der Waals surface area contributed by atoms with Crippen LogP contribution in [-0.4, -0.2) is 29.2 Å². The number of benzene rings is 2. The Labute approximate surface area is 116 Å². The van der Waals surface area contributed by atoms with E-state index in [1.807, 2.05) is 30.3 Å². The molecule has 0 heterocycles. The Morgan fingerprint density at radius 2 is 1.89 bits per heavy atom. The van der Waals surface area contributed by atoms with Gasteiger partial charge in [-0.1, -0.05) is 30.3 Å². The topological polar surface area (TPSA) is 46.5 Å². The van der Waals surface area contributed by atoms with Crippen molar-refractivity contribution in [2.45, 2.75) is 6.42 Å². The highest BCUT2D eigenvalue weighted by Crippen LogP contribution is 2.20. The first-order chi connectivity index (χ1) is 9.25. The molecule has 3 nitrogen and oxygen atoms in total. The number of thioether (sulfide) groups is 1. The summed E-state index contributed by atoms with van der Waals surface area (Å²) in [5.74, 6) is 1.55. The van der Waals surface area contributed by atoms with Crippen LogP contribution >= 0.6 is 11.8 Å². The van der Waals surface area contributed by atoms with E-state index in [4.69, 9.17) is 9.84 Å². The van der Waals surface area contributed by atoms with Crippen molar-refractivity contribution >= 4 is 28.5 Å². The SMILES string of the molecule is O=C(O)CCSCCOc1ccc2ccccc2c1. The van der Waals surface area contributed by atoms with Crippen LogP contribution in [0.3, 0.4) is 0 Å². The second-order valence-corrected chi connectivity index (χ2v) is 5.34. The van der Waals surface area contributed by atoms with E-state index >= 15 is 0 Å². The summed E-state index contributed by atoms with van der Waals surface area (Å²) in [6.45, 7) is 0.600. The van der Waals surface area contributed by atoms with Crippen LogP contribution in [0.15, 0.2) is 42.5 Å². The second-order valence-electron chi connectivity index (χ2n) is 4.11. The number of aliphatic carboxylic acids is 1. The van der Waals surface area contributed by atoms with Gasteiger partial charge in [0.05, 0.1) is 13.0 Å². The van der Waals surface area contributed by atoms with Crippen LogP contribution in [-0.2, 0) is 4.79 Å². The molecule has 0 amide bonds. The van der Waals surface area contributed by atoms with Gasteiger partial charge < -0.3 is 9.84 Å². The zero-order chi connectivity index (χ0) is 13.5. The highest BCUT2D eigenvalue weighted by molar-refractivity contribution is 7.99. The third-order valence-corrected chi connectivity index (χ3v) is 3.63. The average molecular weight is 276 g/mol. The van der Waals surface area contributed by atoms with Gasteiger partial charge in [0.2, 0.25) is 0 Å². The summed E-state index contributed by atoms with van der Waals surface area (Å²) in [5, 5.41) is 10.9. The van der Waals surface area contributed by atoms with E-state index in [9.17, 15) is 4.79 Å². The molecule has 2 aromatic rings. The highest BCUT2D eigenvalue weighted by Gasteiger charge is 1.99. The molecule has 1 N–H and O–H groups in total. The Kier molecular flexibility index (Phi) is 5.10. The maximum atomic E-state index is 10.3. The van der Waals surface area contributed by atoms with Crippen LogP contribution in [0.2, 0.25) is 0 Å². The zero-order valence-corrected chi connectivity index (χ0v) is 11.4. The number of rotatable bonds is 7. The highest BCUT2D eigenvalue weighted by atomic mass is 32.2. The second kappa shape index (κ2) is 7.04. The van der Waals surface area contributed by atoms with Crippen LogP contribution in [0.5, 0.6) is 5.75 Å². The summed E-state index contributed by atoms with van der Waals surface area (Å²) in [4.78, 5) is 10.3. The van der Waals surface area contributed by atoms with E-state index in [0.29, 0.717) is 12.4 Å². The molecule has 100 valence electrons. The first-order valence-electron chi connectivity index (χ1n) is 6.17. The maximum absolute atomic E-state index is 10.3. The lowest BCUT2D eigenvalue weighted by Gasteiger charge is -2.07. The molecule has 0 fully saturated rings. The number of fused-ring (bicyclic) bond motifs is 1. The van der Waals surface area contributed by atoms with Crippen LogP contribution in [0.4, 0.5) is 0 Å². The molecule has 0 aromatic heterocycles. The largest absolute Gasteiger partial charge is 0.493 e. The first-order valence-corrected chi connectivity index (χ1v) is 7.32. The molecule has 4 heteroatoms. The summed E-state index contributed by atoms with van der Waals surface area (Å²) < 4.78 is 5.65. The molecule has 0 radical (unpaired) electrons. The molecular formula is C15H16O3S. The predicted molar refractivity (Wildman–Crippen MR) is 79.0 cm³/mol. The molecule has 0 bridgehead atoms. The third kappa shape index (κ3) is 4.48. The normalized spacial score (nSPS) is 10.5.